The van der Waals surface area contributed by atoms with Gasteiger partial charge in [-0.05, 0) is 60.7 Å². The molecule has 0 spiro atoms. The number of piperazine rings is 1. The van der Waals surface area contributed by atoms with E-state index < -0.39 is 11.5 Å². The summed E-state index contributed by atoms with van der Waals surface area (Å²) in [4.78, 5) is 39.6. The van der Waals surface area contributed by atoms with E-state index in [1.54, 1.807) is 29.0 Å². The van der Waals surface area contributed by atoms with Crippen molar-refractivity contribution in [2.45, 2.75) is 71.5 Å². The Balaban J connectivity index is 1.44. The van der Waals surface area contributed by atoms with Gasteiger partial charge in [-0.1, -0.05) is 58.5 Å². The van der Waals surface area contributed by atoms with Crippen molar-refractivity contribution in [3.63, 3.8) is 0 Å². The van der Waals surface area contributed by atoms with Crippen molar-refractivity contribution in [3.8, 4) is 0 Å². The minimum atomic E-state index is -0.800. The number of aromatic nitrogens is 3. The van der Waals surface area contributed by atoms with E-state index in [0.717, 1.165) is 11.1 Å². The zero-order valence-electron chi connectivity index (χ0n) is 26.8. The van der Waals surface area contributed by atoms with Gasteiger partial charge in [0.15, 0.2) is 5.78 Å². The average molecular weight is 609 g/mol. The van der Waals surface area contributed by atoms with Gasteiger partial charge >= 0.3 is 0 Å². The number of ketones is 1. The number of hydrogen-bond acceptors (Lipinski definition) is 7. The molecular weight excluding hydrogens is 567 g/mol. The van der Waals surface area contributed by atoms with Crippen LogP contribution in [0.1, 0.15) is 64.3 Å². The molecule has 234 valence electrons. The van der Waals surface area contributed by atoms with Crippen LogP contribution in [0.3, 0.4) is 0 Å². The normalized spacial score (nSPS) is 21.2. The summed E-state index contributed by atoms with van der Waals surface area (Å²) in [5.74, 6) is -0.184. The summed E-state index contributed by atoms with van der Waals surface area (Å²) < 4.78 is 16.9. The molecule has 2 aromatic heterocycles. The van der Waals surface area contributed by atoms with Crippen LogP contribution in [0.4, 0.5) is 21.7 Å². The summed E-state index contributed by atoms with van der Waals surface area (Å²) in [6, 6.07) is 14.4. The fraction of sp³-hybridized carbons (Fsp3) is 0.389. The topological polar surface area (TPSA) is 92.2 Å². The highest BCUT2D eigenvalue weighted by atomic mass is 19.1. The van der Waals surface area contributed by atoms with Crippen molar-refractivity contribution in [1.29, 1.82) is 0 Å². The summed E-state index contributed by atoms with van der Waals surface area (Å²) in [5.41, 5.74) is 3.48. The largest absolute Gasteiger partial charge is 0.366 e. The molecule has 2 N–H and O–H groups in total. The van der Waals surface area contributed by atoms with E-state index in [9.17, 15) is 9.59 Å². The van der Waals surface area contributed by atoms with Crippen LogP contribution in [-0.4, -0.2) is 45.5 Å². The third-order valence-corrected chi connectivity index (χ3v) is 9.24. The Morgan fingerprint density at radius 2 is 1.80 bits per heavy atom. The lowest BCUT2D eigenvalue weighted by molar-refractivity contribution is -0.124. The molecule has 1 unspecified atom stereocenters. The molecule has 9 heteroatoms. The molecule has 3 atom stereocenters. The molecule has 45 heavy (non-hydrogen) atoms. The van der Waals surface area contributed by atoms with E-state index in [1.165, 1.54) is 6.07 Å². The van der Waals surface area contributed by atoms with Crippen LogP contribution in [0.25, 0.3) is 16.6 Å². The lowest BCUT2D eigenvalue weighted by atomic mass is 9.68. The highest BCUT2D eigenvalue weighted by Crippen LogP contribution is 2.43. The van der Waals surface area contributed by atoms with E-state index in [4.69, 9.17) is 4.98 Å². The zero-order valence-corrected chi connectivity index (χ0v) is 26.8. The molecule has 0 amide bonds. The molecule has 1 saturated heterocycles. The molecular formula is C36H41FN6O2. The maximum Gasteiger partial charge on any atom is 0.260 e. The van der Waals surface area contributed by atoms with Crippen molar-refractivity contribution < 1.29 is 9.18 Å². The van der Waals surface area contributed by atoms with Crippen LogP contribution in [0.15, 0.2) is 66.1 Å². The van der Waals surface area contributed by atoms with E-state index in [2.05, 4.69) is 40.9 Å². The van der Waals surface area contributed by atoms with Crippen molar-refractivity contribution >= 4 is 39.7 Å². The first-order valence-electron chi connectivity index (χ1n) is 15.6. The second kappa shape index (κ2) is 11.5. The second-order valence-corrected chi connectivity index (χ2v) is 13.5. The first kappa shape index (κ1) is 30.6. The number of anilines is 3. The van der Waals surface area contributed by atoms with Gasteiger partial charge in [0.1, 0.15) is 17.5 Å². The predicted octanol–water partition coefficient (Wildman–Crippen LogP) is 6.17. The van der Waals surface area contributed by atoms with Crippen LogP contribution in [0.2, 0.25) is 0 Å². The standard InChI is InChI=1S/C36H41FN6O2/c1-20(2)23(5)27-14-25-17-38-35(40-26-12-13-30(29(37)16-26)42-18-21(3)39-22(4)19-42)41-33(25)43(34(27)45)32-31(44)15-24-10-8-9-11-28(24)36(32,6)7/h8-14,16-17,20-22,32,39H,5,15,18-19H2,1-4,6-7H3,(H,38,40,41)/t21-,22+,32?. The van der Waals surface area contributed by atoms with Gasteiger partial charge in [-0.25, -0.2) is 9.37 Å². The number of carbonyl (C=O) groups excluding carboxylic acids is 1. The fourth-order valence-corrected chi connectivity index (χ4v) is 7.06. The molecule has 1 aliphatic heterocycles. The summed E-state index contributed by atoms with van der Waals surface area (Å²) in [5, 5.41) is 7.21. The number of benzene rings is 2. The average Bonchev–Trinajstić information content (AvgIpc) is 2.97. The first-order chi connectivity index (χ1) is 21.3. The number of carbonyl (C=O) groups is 1. The Kier molecular flexibility index (Phi) is 7.85. The van der Waals surface area contributed by atoms with E-state index in [1.807, 2.05) is 52.0 Å². The predicted molar refractivity (Wildman–Crippen MR) is 179 cm³/mol. The SMILES string of the molecule is C=C(c1cc2cnc(Nc3ccc(N4C[C@@H](C)N[C@@H](C)C4)c(F)c3)nc2n(C2C(=O)Cc3ccccc3C2(C)C)c1=O)C(C)C. The summed E-state index contributed by atoms with van der Waals surface area (Å²) in [6.45, 7) is 17.8. The second-order valence-electron chi connectivity index (χ2n) is 13.5. The van der Waals surface area contributed by atoms with Crippen LogP contribution in [0.5, 0.6) is 0 Å². The van der Waals surface area contributed by atoms with Crippen molar-refractivity contribution in [2.75, 3.05) is 23.3 Å². The molecule has 2 aromatic carbocycles. The maximum atomic E-state index is 15.4. The molecule has 1 fully saturated rings. The number of allylic oxidation sites excluding steroid dienone is 1. The van der Waals surface area contributed by atoms with Crippen LogP contribution >= 0.6 is 0 Å². The molecule has 8 nitrogen and oxygen atoms in total. The third kappa shape index (κ3) is 5.54. The van der Waals surface area contributed by atoms with Crippen LogP contribution < -0.4 is 21.1 Å². The van der Waals surface area contributed by atoms with Gasteiger partial charge < -0.3 is 15.5 Å². The number of fused-ring (bicyclic) bond motifs is 2. The van der Waals surface area contributed by atoms with Crippen molar-refractivity contribution in [2.24, 2.45) is 5.92 Å². The van der Waals surface area contributed by atoms with Gasteiger partial charge in [0.25, 0.3) is 5.56 Å². The molecule has 0 saturated carbocycles. The van der Waals surface area contributed by atoms with Gasteiger partial charge in [0, 0.05) is 59.8 Å². The smallest absolute Gasteiger partial charge is 0.260 e. The Morgan fingerprint density at radius 1 is 1.09 bits per heavy atom. The van der Waals surface area contributed by atoms with Gasteiger partial charge in [-0.15, -0.1) is 0 Å². The molecule has 0 radical (unpaired) electrons. The molecule has 1 aliphatic carbocycles. The Bertz CT molecular complexity index is 1870. The number of rotatable bonds is 6. The molecule has 0 bridgehead atoms. The Labute approximate surface area is 263 Å². The van der Waals surface area contributed by atoms with Crippen LogP contribution in [-0.2, 0) is 16.6 Å². The monoisotopic (exact) mass is 608 g/mol. The van der Waals surface area contributed by atoms with Gasteiger partial charge in [-0.2, -0.15) is 4.98 Å². The fourth-order valence-electron chi connectivity index (χ4n) is 7.06. The van der Waals surface area contributed by atoms with Gasteiger partial charge in [0.2, 0.25) is 5.95 Å². The number of Topliss-reactive ketones (excluding diaryl/α,β-unsaturated/α-hetero) is 1. The zero-order chi connectivity index (χ0) is 32.2. The molecule has 4 aromatic rings. The Morgan fingerprint density at radius 3 is 2.49 bits per heavy atom. The van der Waals surface area contributed by atoms with E-state index in [-0.39, 0.29) is 47.5 Å². The molecule has 3 heterocycles. The third-order valence-electron chi connectivity index (χ3n) is 9.24. The van der Waals surface area contributed by atoms with Gasteiger partial charge in [0.05, 0.1) is 5.69 Å². The van der Waals surface area contributed by atoms with Crippen molar-refractivity contribution in [3.05, 3.63) is 94.2 Å². The van der Waals surface area contributed by atoms with Crippen molar-refractivity contribution in [1.82, 2.24) is 19.9 Å². The number of nitrogens with one attached hydrogen (secondary N) is 2. The lowest BCUT2D eigenvalue weighted by Crippen LogP contribution is -2.54. The lowest BCUT2D eigenvalue weighted by Gasteiger charge is -2.40. The maximum absolute atomic E-state index is 15.4. The Hall–Kier alpha value is -4.37. The highest BCUT2D eigenvalue weighted by Gasteiger charge is 2.44. The number of hydrogen-bond donors (Lipinski definition) is 2. The number of pyridine rings is 1. The summed E-state index contributed by atoms with van der Waals surface area (Å²) >= 11 is 0. The summed E-state index contributed by atoms with van der Waals surface area (Å²) in [6.07, 6.45) is 1.86. The van der Waals surface area contributed by atoms with E-state index in [0.29, 0.717) is 46.6 Å². The molecule has 6 rings (SSSR count). The van der Waals surface area contributed by atoms with Gasteiger partial charge in [-0.3, -0.25) is 14.2 Å². The highest BCUT2D eigenvalue weighted by molar-refractivity contribution is 5.91. The molecule has 2 aliphatic rings. The quantitative estimate of drug-likeness (QED) is 0.270. The summed E-state index contributed by atoms with van der Waals surface area (Å²) in [7, 11) is 0. The van der Waals surface area contributed by atoms with E-state index >= 15 is 4.39 Å². The first-order valence-corrected chi connectivity index (χ1v) is 15.6. The minimum Gasteiger partial charge on any atom is -0.366 e. The number of halogens is 1. The minimum absolute atomic E-state index is 0.0201. The van der Waals surface area contributed by atoms with Crippen LogP contribution in [0, 0.1) is 11.7 Å². The number of nitrogens with zero attached hydrogens (tertiary/aromatic N) is 4.